The van der Waals surface area contributed by atoms with Crippen molar-refractivity contribution in [3.05, 3.63) is 29.3 Å². The number of thiophene rings is 1. The van der Waals surface area contributed by atoms with E-state index in [2.05, 4.69) is 0 Å². The molecule has 1 unspecified atom stereocenters. The predicted molar refractivity (Wildman–Crippen MR) is 65.2 cm³/mol. The zero-order valence-corrected chi connectivity index (χ0v) is 10.2. The lowest BCUT2D eigenvalue weighted by molar-refractivity contribution is 0.321. The molecule has 0 amide bonds. The van der Waals surface area contributed by atoms with Crippen LogP contribution >= 0.6 is 22.9 Å². The largest absolute Gasteiger partial charge is 0.395 e. The summed E-state index contributed by atoms with van der Waals surface area (Å²) in [4.78, 5) is 0. The van der Waals surface area contributed by atoms with Gasteiger partial charge in [0.05, 0.1) is 28.2 Å². The van der Waals surface area contributed by atoms with E-state index >= 15 is 0 Å². The molecule has 0 saturated carbocycles. The second-order valence-corrected chi connectivity index (χ2v) is 6.17. The molecular weight excluding hydrogens is 252 g/mol. The maximum atomic E-state index is 11.7. The molecule has 1 atom stereocenters. The van der Waals surface area contributed by atoms with Crippen LogP contribution in [0.3, 0.4) is 0 Å². The molecule has 0 fully saturated rings. The number of rotatable bonds is 3. The molecule has 0 spiro atoms. The normalized spacial score (nSPS) is 13.2. The zero-order chi connectivity index (χ0) is 10.8. The van der Waals surface area contributed by atoms with Crippen LogP contribution in [0.5, 0.6) is 0 Å². The average molecular weight is 261 g/mol. The molecule has 1 N–H and O–H groups in total. The van der Waals surface area contributed by atoms with Gasteiger partial charge in [-0.15, -0.1) is 11.3 Å². The number of fused-ring (bicyclic) bond motifs is 1. The van der Waals surface area contributed by atoms with Crippen molar-refractivity contribution in [2.45, 2.75) is 4.21 Å². The lowest BCUT2D eigenvalue weighted by Gasteiger charge is -1.95. The number of aliphatic hydroxyl groups excluding tert-OH is 1. The first-order valence-electron chi connectivity index (χ1n) is 4.40. The first-order chi connectivity index (χ1) is 7.24. The van der Waals surface area contributed by atoms with Crippen LogP contribution in [-0.4, -0.2) is 21.7 Å². The van der Waals surface area contributed by atoms with Crippen LogP contribution < -0.4 is 0 Å². The molecule has 1 aromatic heterocycles. The average Bonchev–Trinajstić information content (AvgIpc) is 2.57. The number of hydrogen-bond donors (Lipinski definition) is 1. The van der Waals surface area contributed by atoms with Gasteiger partial charge in [0.2, 0.25) is 0 Å². The molecule has 2 rings (SSSR count). The van der Waals surface area contributed by atoms with Crippen molar-refractivity contribution in [2.75, 3.05) is 12.4 Å². The summed E-state index contributed by atoms with van der Waals surface area (Å²) in [5, 5.41) is 10.2. The van der Waals surface area contributed by atoms with E-state index in [1.807, 2.05) is 24.3 Å². The van der Waals surface area contributed by atoms with E-state index in [0.29, 0.717) is 9.23 Å². The van der Waals surface area contributed by atoms with Gasteiger partial charge in [0.15, 0.2) is 0 Å². The molecule has 2 nitrogen and oxygen atoms in total. The summed E-state index contributed by atoms with van der Waals surface area (Å²) in [5.74, 6) is 0.243. The van der Waals surface area contributed by atoms with Gasteiger partial charge in [-0.1, -0.05) is 29.8 Å². The highest BCUT2D eigenvalue weighted by Crippen LogP contribution is 2.37. The maximum Gasteiger partial charge on any atom is 0.111 e. The SMILES string of the molecule is O=S(CCO)c1sc2ccccc2c1Cl. The van der Waals surface area contributed by atoms with E-state index in [1.165, 1.54) is 11.3 Å². The Labute approximate surface area is 99.0 Å². The van der Waals surface area contributed by atoms with Crippen molar-refractivity contribution in [3.63, 3.8) is 0 Å². The van der Waals surface area contributed by atoms with E-state index in [9.17, 15) is 4.21 Å². The summed E-state index contributed by atoms with van der Waals surface area (Å²) in [6.07, 6.45) is 0. The van der Waals surface area contributed by atoms with Gasteiger partial charge in [0.25, 0.3) is 0 Å². The third-order valence-corrected chi connectivity index (χ3v) is 5.55. The molecule has 0 aliphatic carbocycles. The number of benzene rings is 1. The molecule has 0 aliphatic rings. The predicted octanol–water partition coefficient (Wildman–Crippen LogP) is 2.65. The molecule has 5 heteroatoms. The van der Waals surface area contributed by atoms with Gasteiger partial charge in [0.1, 0.15) is 4.21 Å². The van der Waals surface area contributed by atoms with Crippen LogP contribution in [0.4, 0.5) is 0 Å². The fraction of sp³-hybridized carbons (Fsp3) is 0.200. The molecule has 15 heavy (non-hydrogen) atoms. The Morgan fingerprint density at radius 2 is 2.13 bits per heavy atom. The molecule has 0 saturated heterocycles. The third kappa shape index (κ3) is 2.08. The highest BCUT2D eigenvalue weighted by molar-refractivity contribution is 7.87. The minimum atomic E-state index is -1.19. The van der Waals surface area contributed by atoms with Gasteiger partial charge < -0.3 is 5.11 Å². The topological polar surface area (TPSA) is 37.3 Å². The molecule has 1 aromatic carbocycles. The molecule has 0 aliphatic heterocycles. The summed E-state index contributed by atoms with van der Waals surface area (Å²) in [7, 11) is -1.19. The Morgan fingerprint density at radius 1 is 1.40 bits per heavy atom. The quantitative estimate of drug-likeness (QED) is 0.921. The fourth-order valence-electron chi connectivity index (χ4n) is 1.31. The lowest BCUT2D eigenvalue weighted by atomic mass is 10.3. The van der Waals surface area contributed by atoms with Crippen LogP contribution in [0, 0.1) is 0 Å². The van der Waals surface area contributed by atoms with Crippen molar-refractivity contribution in [1.29, 1.82) is 0 Å². The molecule has 1 heterocycles. The first-order valence-corrected chi connectivity index (χ1v) is 6.91. The first kappa shape index (κ1) is 11.1. The lowest BCUT2D eigenvalue weighted by Crippen LogP contribution is -2.00. The van der Waals surface area contributed by atoms with Crippen LogP contribution in [0.15, 0.2) is 28.5 Å². The van der Waals surface area contributed by atoms with Crippen molar-refractivity contribution in [1.82, 2.24) is 0 Å². The smallest absolute Gasteiger partial charge is 0.111 e. The second-order valence-electron chi connectivity index (χ2n) is 2.97. The second kappa shape index (κ2) is 4.61. The van der Waals surface area contributed by atoms with Crippen LogP contribution in [0.2, 0.25) is 5.02 Å². The number of halogens is 1. The monoisotopic (exact) mass is 260 g/mol. The van der Waals surface area contributed by atoms with Gasteiger partial charge in [-0.25, -0.2) is 0 Å². The van der Waals surface area contributed by atoms with E-state index < -0.39 is 10.8 Å². The van der Waals surface area contributed by atoms with Crippen molar-refractivity contribution in [2.24, 2.45) is 0 Å². The van der Waals surface area contributed by atoms with Gasteiger partial charge >= 0.3 is 0 Å². The van der Waals surface area contributed by atoms with E-state index in [4.69, 9.17) is 16.7 Å². The molecular formula is C10H9ClO2S2. The Kier molecular flexibility index (Phi) is 3.41. The standard InChI is InChI=1S/C10H9ClO2S2/c11-9-7-3-1-2-4-8(7)14-10(9)15(13)6-5-12/h1-4,12H,5-6H2. The van der Waals surface area contributed by atoms with Gasteiger partial charge in [-0.3, -0.25) is 4.21 Å². The summed E-state index contributed by atoms with van der Waals surface area (Å²) in [5.41, 5.74) is 0. The molecule has 80 valence electrons. The highest BCUT2D eigenvalue weighted by atomic mass is 35.5. The van der Waals surface area contributed by atoms with Crippen molar-refractivity contribution >= 4 is 43.8 Å². The maximum absolute atomic E-state index is 11.7. The zero-order valence-electron chi connectivity index (χ0n) is 7.77. The summed E-state index contributed by atoms with van der Waals surface area (Å²) in [6, 6.07) is 7.69. The Morgan fingerprint density at radius 3 is 2.80 bits per heavy atom. The Bertz CT molecular complexity index is 507. The van der Waals surface area contributed by atoms with Gasteiger partial charge in [-0.2, -0.15) is 0 Å². The van der Waals surface area contributed by atoms with Crippen LogP contribution in [0.1, 0.15) is 0 Å². The molecule has 2 aromatic rings. The summed E-state index contributed by atoms with van der Waals surface area (Å²) in [6.45, 7) is -0.0861. The van der Waals surface area contributed by atoms with Crippen LogP contribution in [-0.2, 0) is 10.8 Å². The number of aliphatic hydroxyl groups is 1. The van der Waals surface area contributed by atoms with Crippen LogP contribution in [0.25, 0.3) is 10.1 Å². The minimum Gasteiger partial charge on any atom is -0.395 e. The summed E-state index contributed by atoms with van der Waals surface area (Å²) >= 11 is 7.55. The Balaban J connectivity index is 2.53. The molecule has 0 radical (unpaired) electrons. The van der Waals surface area contributed by atoms with Crippen molar-refractivity contribution < 1.29 is 9.32 Å². The van der Waals surface area contributed by atoms with E-state index in [-0.39, 0.29) is 12.4 Å². The number of hydrogen-bond acceptors (Lipinski definition) is 3. The molecule has 0 bridgehead atoms. The van der Waals surface area contributed by atoms with E-state index in [0.717, 1.165) is 10.1 Å². The fourth-order valence-corrected chi connectivity index (χ4v) is 4.29. The highest BCUT2D eigenvalue weighted by Gasteiger charge is 2.14. The van der Waals surface area contributed by atoms with Gasteiger partial charge in [0, 0.05) is 10.1 Å². The summed E-state index contributed by atoms with van der Waals surface area (Å²) < 4.78 is 13.4. The minimum absolute atomic E-state index is 0.0861. The van der Waals surface area contributed by atoms with E-state index in [1.54, 1.807) is 0 Å². The van der Waals surface area contributed by atoms with Gasteiger partial charge in [-0.05, 0) is 6.07 Å². The third-order valence-electron chi connectivity index (χ3n) is 1.99. The Hall–Kier alpha value is -0.420. The van der Waals surface area contributed by atoms with Crippen molar-refractivity contribution in [3.8, 4) is 0 Å².